The maximum Gasteiger partial charge on any atom is 0.259 e. The molecule has 0 radical (unpaired) electrons. The molecule has 4 rings (SSSR count). The van der Waals surface area contributed by atoms with Gasteiger partial charge in [-0.15, -0.1) is 10.2 Å². The van der Waals surface area contributed by atoms with Crippen molar-refractivity contribution in [2.45, 2.75) is 38.0 Å². The summed E-state index contributed by atoms with van der Waals surface area (Å²) in [6.45, 7) is 2.60. The SMILES string of the molecule is COc1c(Cl)ccc(Cl)c1C(=O)N1CCN(c2nnc(C3CCCCC3)s2)CC1. The lowest BCUT2D eigenvalue weighted by Gasteiger charge is -2.34. The first-order valence-electron chi connectivity index (χ1n) is 9.98. The molecule has 1 saturated carbocycles. The van der Waals surface area contributed by atoms with Gasteiger partial charge in [-0.1, -0.05) is 53.8 Å². The van der Waals surface area contributed by atoms with Crippen LogP contribution < -0.4 is 9.64 Å². The minimum atomic E-state index is -0.158. The second kappa shape index (κ2) is 9.06. The van der Waals surface area contributed by atoms with E-state index in [4.69, 9.17) is 27.9 Å². The quantitative estimate of drug-likeness (QED) is 0.659. The number of amides is 1. The molecule has 0 unspecified atom stereocenters. The third-order valence-corrected chi connectivity index (χ3v) is 7.46. The average molecular weight is 455 g/mol. The molecule has 2 fully saturated rings. The molecule has 1 aromatic heterocycles. The first-order chi connectivity index (χ1) is 14.1. The van der Waals surface area contributed by atoms with Crippen molar-refractivity contribution in [1.29, 1.82) is 0 Å². The number of benzene rings is 1. The van der Waals surface area contributed by atoms with E-state index in [0.717, 1.165) is 10.1 Å². The fraction of sp³-hybridized carbons (Fsp3) is 0.550. The summed E-state index contributed by atoms with van der Waals surface area (Å²) >= 11 is 14.2. The molecule has 9 heteroatoms. The van der Waals surface area contributed by atoms with Crippen LogP contribution in [-0.4, -0.2) is 54.3 Å². The number of hydrogen-bond acceptors (Lipinski definition) is 6. The highest BCUT2D eigenvalue weighted by Crippen LogP contribution is 2.37. The Bertz CT molecular complexity index is 877. The predicted molar refractivity (Wildman–Crippen MR) is 117 cm³/mol. The zero-order chi connectivity index (χ0) is 20.4. The van der Waals surface area contributed by atoms with E-state index in [0.29, 0.717) is 53.5 Å². The van der Waals surface area contributed by atoms with Crippen LogP contribution >= 0.6 is 34.5 Å². The summed E-state index contributed by atoms with van der Waals surface area (Å²) in [6, 6.07) is 3.26. The molecule has 29 heavy (non-hydrogen) atoms. The molecule has 2 aliphatic rings. The largest absolute Gasteiger partial charge is 0.494 e. The molecule has 1 aromatic carbocycles. The first kappa shape index (κ1) is 20.7. The minimum Gasteiger partial charge on any atom is -0.494 e. The highest BCUT2D eigenvalue weighted by atomic mass is 35.5. The van der Waals surface area contributed by atoms with E-state index < -0.39 is 0 Å². The van der Waals surface area contributed by atoms with Gasteiger partial charge in [0.1, 0.15) is 10.6 Å². The van der Waals surface area contributed by atoms with Gasteiger partial charge in [0.05, 0.1) is 17.2 Å². The van der Waals surface area contributed by atoms with Crippen molar-refractivity contribution in [2.24, 2.45) is 0 Å². The number of methoxy groups -OCH3 is 1. The van der Waals surface area contributed by atoms with Crippen LogP contribution in [0.1, 0.15) is 53.4 Å². The molecular weight excluding hydrogens is 431 g/mol. The Kier molecular flexibility index (Phi) is 6.47. The second-order valence-corrected chi connectivity index (χ2v) is 9.28. The summed E-state index contributed by atoms with van der Waals surface area (Å²) in [5, 5.41) is 11.7. The van der Waals surface area contributed by atoms with Crippen molar-refractivity contribution >= 4 is 45.6 Å². The van der Waals surface area contributed by atoms with E-state index in [1.54, 1.807) is 28.4 Å². The maximum atomic E-state index is 13.1. The van der Waals surface area contributed by atoms with E-state index in [1.807, 2.05) is 0 Å². The van der Waals surface area contributed by atoms with Crippen LogP contribution in [0.5, 0.6) is 5.75 Å². The van der Waals surface area contributed by atoms with Crippen LogP contribution in [0.4, 0.5) is 5.13 Å². The molecule has 0 atom stereocenters. The molecule has 2 aromatic rings. The van der Waals surface area contributed by atoms with Gasteiger partial charge in [-0.25, -0.2) is 0 Å². The number of nitrogens with zero attached hydrogens (tertiary/aromatic N) is 4. The number of hydrogen-bond donors (Lipinski definition) is 0. The number of rotatable bonds is 4. The van der Waals surface area contributed by atoms with Crippen molar-refractivity contribution in [3.05, 3.63) is 32.7 Å². The number of piperazine rings is 1. The van der Waals surface area contributed by atoms with E-state index in [1.165, 1.54) is 39.2 Å². The molecule has 6 nitrogen and oxygen atoms in total. The third-order valence-electron chi connectivity index (χ3n) is 5.70. The van der Waals surface area contributed by atoms with Crippen LogP contribution in [-0.2, 0) is 0 Å². The molecule has 0 spiro atoms. The van der Waals surface area contributed by atoms with Gasteiger partial charge in [0.2, 0.25) is 5.13 Å². The smallest absolute Gasteiger partial charge is 0.259 e. The summed E-state index contributed by atoms with van der Waals surface area (Å²) in [4.78, 5) is 17.1. The lowest BCUT2D eigenvalue weighted by atomic mass is 9.90. The van der Waals surface area contributed by atoms with E-state index >= 15 is 0 Å². The van der Waals surface area contributed by atoms with Crippen molar-refractivity contribution in [3.63, 3.8) is 0 Å². The second-order valence-electron chi connectivity index (χ2n) is 7.47. The molecule has 156 valence electrons. The third kappa shape index (κ3) is 4.32. The molecule has 1 amide bonds. The monoisotopic (exact) mass is 454 g/mol. The molecule has 2 heterocycles. The highest BCUT2D eigenvalue weighted by molar-refractivity contribution is 7.15. The standard InChI is InChI=1S/C20H24Cl2N4O2S/c1-28-17-15(22)8-7-14(21)16(17)19(27)25-9-11-26(12-10-25)20-24-23-18(29-20)13-5-3-2-4-6-13/h7-8,13H,2-6,9-12H2,1H3. The Balaban J connectivity index is 1.42. The van der Waals surface area contributed by atoms with Gasteiger partial charge in [-0.05, 0) is 25.0 Å². The Labute approximate surface area is 184 Å². The number of carbonyl (C=O) groups excluding carboxylic acids is 1. The van der Waals surface area contributed by atoms with Gasteiger partial charge in [0, 0.05) is 32.1 Å². The molecule has 1 aliphatic heterocycles. The fourth-order valence-electron chi connectivity index (χ4n) is 4.06. The van der Waals surface area contributed by atoms with Crippen molar-refractivity contribution in [1.82, 2.24) is 15.1 Å². The summed E-state index contributed by atoms with van der Waals surface area (Å²) in [5.41, 5.74) is 0.325. The summed E-state index contributed by atoms with van der Waals surface area (Å²) in [7, 11) is 1.49. The maximum absolute atomic E-state index is 13.1. The molecule has 0 N–H and O–H groups in total. The van der Waals surface area contributed by atoms with Crippen LogP contribution in [0.15, 0.2) is 12.1 Å². The van der Waals surface area contributed by atoms with E-state index in [2.05, 4.69) is 15.1 Å². The average Bonchev–Trinajstić information content (AvgIpc) is 3.26. The van der Waals surface area contributed by atoms with Crippen molar-refractivity contribution in [3.8, 4) is 5.75 Å². The predicted octanol–water partition coefficient (Wildman–Crippen LogP) is 4.86. The number of halogens is 2. The Morgan fingerprint density at radius 3 is 2.45 bits per heavy atom. The number of ether oxygens (including phenoxy) is 1. The Morgan fingerprint density at radius 2 is 1.76 bits per heavy atom. The van der Waals surface area contributed by atoms with Crippen molar-refractivity contribution < 1.29 is 9.53 Å². The van der Waals surface area contributed by atoms with Gasteiger partial charge in [0.15, 0.2) is 5.75 Å². The summed E-state index contributed by atoms with van der Waals surface area (Å²) in [6.07, 6.45) is 6.35. The van der Waals surface area contributed by atoms with Crippen LogP contribution in [0.25, 0.3) is 0 Å². The summed E-state index contributed by atoms with van der Waals surface area (Å²) in [5.74, 6) is 0.734. The topological polar surface area (TPSA) is 58.6 Å². The van der Waals surface area contributed by atoms with Gasteiger partial charge in [-0.3, -0.25) is 4.79 Å². The normalized spacial score (nSPS) is 18.2. The number of aromatic nitrogens is 2. The van der Waals surface area contributed by atoms with Gasteiger partial charge in [0.25, 0.3) is 5.91 Å². The van der Waals surface area contributed by atoms with Gasteiger partial charge >= 0.3 is 0 Å². The molecular formula is C20H24Cl2N4O2S. The van der Waals surface area contributed by atoms with Crippen LogP contribution in [0.2, 0.25) is 10.0 Å². The number of carbonyl (C=O) groups is 1. The highest BCUT2D eigenvalue weighted by Gasteiger charge is 2.29. The fourth-order valence-corrected chi connectivity index (χ4v) is 5.59. The van der Waals surface area contributed by atoms with E-state index in [9.17, 15) is 4.79 Å². The zero-order valence-corrected chi connectivity index (χ0v) is 18.7. The Morgan fingerprint density at radius 1 is 1.07 bits per heavy atom. The van der Waals surface area contributed by atoms with Crippen LogP contribution in [0.3, 0.4) is 0 Å². The number of anilines is 1. The Hall–Kier alpha value is -1.57. The van der Waals surface area contributed by atoms with Crippen molar-refractivity contribution in [2.75, 3.05) is 38.2 Å². The minimum absolute atomic E-state index is 0.158. The molecule has 1 saturated heterocycles. The van der Waals surface area contributed by atoms with E-state index in [-0.39, 0.29) is 5.91 Å². The lowest BCUT2D eigenvalue weighted by Crippen LogP contribution is -2.49. The van der Waals surface area contributed by atoms with Gasteiger partial charge < -0.3 is 14.5 Å². The van der Waals surface area contributed by atoms with Crippen LogP contribution in [0, 0.1) is 0 Å². The first-order valence-corrected chi connectivity index (χ1v) is 11.6. The van der Waals surface area contributed by atoms with Gasteiger partial charge in [-0.2, -0.15) is 0 Å². The summed E-state index contributed by atoms with van der Waals surface area (Å²) < 4.78 is 5.33. The lowest BCUT2D eigenvalue weighted by molar-refractivity contribution is 0.0743. The molecule has 0 bridgehead atoms. The molecule has 1 aliphatic carbocycles. The zero-order valence-electron chi connectivity index (χ0n) is 16.4.